The van der Waals surface area contributed by atoms with Crippen LogP contribution in [-0.2, 0) is 10.0 Å². The minimum Gasteiger partial charge on any atom is -0.363 e. The van der Waals surface area contributed by atoms with Crippen molar-refractivity contribution in [2.75, 3.05) is 0 Å². The quantitative estimate of drug-likeness (QED) is 0.721. The average molecular weight is 198 g/mol. The summed E-state index contributed by atoms with van der Waals surface area (Å²) < 4.78 is 26.7. The molecule has 0 saturated heterocycles. The molecule has 5 nitrogen and oxygen atoms in total. The van der Waals surface area contributed by atoms with Crippen molar-refractivity contribution in [3.63, 3.8) is 0 Å². The lowest BCUT2D eigenvalue weighted by molar-refractivity contribution is 0.428. The molecule has 0 saturated carbocycles. The molecule has 0 atom stereocenters. The second-order valence-corrected chi connectivity index (χ2v) is 4.08. The van der Waals surface area contributed by atoms with Crippen molar-refractivity contribution in [2.45, 2.75) is 4.90 Å². The van der Waals surface area contributed by atoms with Gasteiger partial charge in [-0.3, -0.25) is 0 Å². The topological polar surface area (TPSA) is 86.2 Å². The Labute approximate surface area is 74.2 Å². The van der Waals surface area contributed by atoms with Crippen LogP contribution in [0.3, 0.4) is 0 Å². The summed E-state index contributed by atoms with van der Waals surface area (Å²) >= 11 is 0. The van der Waals surface area contributed by atoms with Crippen LogP contribution in [0.2, 0.25) is 0 Å². The van der Waals surface area contributed by atoms with Crippen LogP contribution < -0.4 is 5.14 Å². The summed E-state index contributed by atoms with van der Waals surface area (Å²) in [5.74, 6) is 0. The third-order valence-electron chi connectivity index (χ3n) is 1.67. The molecule has 2 rings (SSSR count). The first-order valence-electron chi connectivity index (χ1n) is 3.45. The van der Waals surface area contributed by atoms with E-state index in [4.69, 9.17) is 5.14 Å². The number of hydrogen-bond donors (Lipinski definition) is 1. The van der Waals surface area contributed by atoms with E-state index in [9.17, 15) is 8.42 Å². The lowest BCUT2D eigenvalue weighted by Crippen LogP contribution is -2.12. The second kappa shape index (κ2) is 2.54. The van der Waals surface area contributed by atoms with Gasteiger partial charge in [0.1, 0.15) is 11.8 Å². The number of rotatable bonds is 1. The molecule has 0 aliphatic carbocycles. The second-order valence-electron chi connectivity index (χ2n) is 2.55. The lowest BCUT2D eigenvalue weighted by Gasteiger charge is -1.96. The minimum atomic E-state index is -3.70. The maximum atomic E-state index is 11.1. The standard InChI is InChI=1S/C7H6N2O3S/c8-13(10,11)7-3-1-2-6-5(7)4-12-9-6/h1-4H,(H2,8,10,11). The van der Waals surface area contributed by atoms with Crippen molar-refractivity contribution >= 4 is 20.9 Å². The smallest absolute Gasteiger partial charge is 0.238 e. The summed E-state index contributed by atoms with van der Waals surface area (Å²) in [5, 5.41) is 8.99. The Morgan fingerprint density at radius 2 is 2.15 bits per heavy atom. The highest BCUT2D eigenvalue weighted by molar-refractivity contribution is 7.89. The molecule has 0 bridgehead atoms. The Morgan fingerprint density at radius 3 is 2.85 bits per heavy atom. The van der Waals surface area contributed by atoms with Gasteiger partial charge in [0.15, 0.2) is 0 Å². The van der Waals surface area contributed by atoms with Crippen molar-refractivity contribution in [1.82, 2.24) is 5.16 Å². The molecular formula is C7H6N2O3S. The molecule has 0 spiro atoms. The number of hydrogen-bond acceptors (Lipinski definition) is 4. The molecule has 2 aromatic rings. The highest BCUT2D eigenvalue weighted by Crippen LogP contribution is 2.20. The highest BCUT2D eigenvalue weighted by atomic mass is 32.2. The van der Waals surface area contributed by atoms with Crippen molar-refractivity contribution in [2.24, 2.45) is 5.14 Å². The predicted octanol–water partition coefficient (Wildman–Crippen LogP) is 0.475. The maximum absolute atomic E-state index is 11.1. The molecule has 68 valence electrons. The van der Waals surface area contributed by atoms with Crippen molar-refractivity contribution in [1.29, 1.82) is 0 Å². The van der Waals surface area contributed by atoms with E-state index >= 15 is 0 Å². The van der Waals surface area contributed by atoms with Crippen LogP contribution >= 0.6 is 0 Å². The largest absolute Gasteiger partial charge is 0.363 e. The number of aromatic nitrogens is 1. The maximum Gasteiger partial charge on any atom is 0.238 e. The Morgan fingerprint density at radius 1 is 1.38 bits per heavy atom. The first-order chi connectivity index (χ1) is 6.09. The van der Waals surface area contributed by atoms with E-state index in [0.717, 1.165) is 0 Å². The number of nitrogens with two attached hydrogens (primary N) is 1. The van der Waals surface area contributed by atoms with Gasteiger partial charge in [-0.15, -0.1) is 0 Å². The van der Waals surface area contributed by atoms with Gasteiger partial charge in [-0.2, -0.15) is 0 Å². The van der Waals surface area contributed by atoms with E-state index in [2.05, 4.69) is 9.68 Å². The van der Waals surface area contributed by atoms with Crippen molar-refractivity contribution in [3.05, 3.63) is 24.5 Å². The fourth-order valence-electron chi connectivity index (χ4n) is 1.11. The molecule has 6 heteroatoms. The molecule has 1 heterocycles. The monoisotopic (exact) mass is 198 g/mol. The van der Waals surface area contributed by atoms with Crippen LogP contribution in [0, 0.1) is 0 Å². The van der Waals surface area contributed by atoms with E-state index in [0.29, 0.717) is 10.9 Å². The number of primary sulfonamides is 1. The Bertz CT molecular complexity index is 544. The number of fused-ring (bicyclic) bond motifs is 1. The fraction of sp³-hybridized carbons (Fsp3) is 0. The number of benzene rings is 1. The van der Waals surface area contributed by atoms with Gasteiger partial charge in [0.25, 0.3) is 0 Å². The van der Waals surface area contributed by atoms with Gasteiger partial charge in [-0.1, -0.05) is 11.2 Å². The third-order valence-corrected chi connectivity index (χ3v) is 2.64. The van der Waals surface area contributed by atoms with Crippen LogP contribution in [0.15, 0.2) is 33.9 Å². The average Bonchev–Trinajstić information content (AvgIpc) is 2.48. The number of nitrogens with zero attached hydrogens (tertiary/aromatic N) is 1. The minimum absolute atomic E-state index is 0.0336. The fourth-order valence-corrected chi connectivity index (χ4v) is 1.84. The Kier molecular flexibility index (Phi) is 1.61. The van der Waals surface area contributed by atoms with Gasteiger partial charge in [-0.05, 0) is 12.1 Å². The summed E-state index contributed by atoms with van der Waals surface area (Å²) in [6, 6.07) is 4.62. The molecule has 0 aliphatic heterocycles. The first kappa shape index (κ1) is 8.21. The van der Waals surface area contributed by atoms with E-state index in [-0.39, 0.29) is 4.90 Å². The summed E-state index contributed by atoms with van der Waals surface area (Å²) in [4.78, 5) is 0.0336. The molecule has 1 aromatic carbocycles. The van der Waals surface area contributed by atoms with E-state index < -0.39 is 10.0 Å². The zero-order chi connectivity index (χ0) is 9.47. The first-order valence-corrected chi connectivity index (χ1v) is 4.99. The molecule has 1 aromatic heterocycles. The molecule has 13 heavy (non-hydrogen) atoms. The van der Waals surface area contributed by atoms with Crippen LogP contribution in [0.25, 0.3) is 10.9 Å². The van der Waals surface area contributed by atoms with Crippen molar-refractivity contribution < 1.29 is 12.9 Å². The molecule has 0 amide bonds. The summed E-state index contributed by atoms with van der Waals surface area (Å²) in [6.07, 6.45) is 1.26. The molecule has 2 N–H and O–H groups in total. The molecule has 0 fully saturated rings. The molecule has 0 aliphatic rings. The number of sulfonamides is 1. The van der Waals surface area contributed by atoms with Gasteiger partial charge >= 0.3 is 0 Å². The van der Waals surface area contributed by atoms with Gasteiger partial charge in [0, 0.05) is 0 Å². The van der Waals surface area contributed by atoms with Gasteiger partial charge in [0.2, 0.25) is 10.0 Å². The van der Waals surface area contributed by atoms with Gasteiger partial charge < -0.3 is 4.52 Å². The Balaban J connectivity index is 2.91. The Hall–Kier alpha value is -1.40. The summed E-state index contributed by atoms with van der Waals surface area (Å²) in [7, 11) is -3.70. The molecular weight excluding hydrogens is 192 g/mol. The SMILES string of the molecule is NS(=O)(=O)c1cccc2nocc12. The van der Waals surface area contributed by atoms with E-state index in [1.54, 1.807) is 12.1 Å². The zero-order valence-corrected chi connectivity index (χ0v) is 7.28. The van der Waals surface area contributed by atoms with Crippen LogP contribution in [0.5, 0.6) is 0 Å². The van der Waals surface area contributed by atoms with Crippen LogP contribution in [0.1, 0.15) is 0 Å². The summed E-state index contributed by atoms with van der Waals surface area (Å²) in [5.41, 5.74) is 0.478. The van der Waals surface area contributed by atoms with E-state index in [1.165, 1.54) is 12.3 Å². The normalized spacial score (nSPS) is 12.1. The van der Waals surface area contributed by atoms with Gasteiger partial charge in [0.05, 0.1) is 10.3 Å². The molecule has 0 radical (unpaired) electrons. The van der Waals surface area contributed by atoms with Crippen LogP contribution in [0.4, 0.5) is 0 Å². The summed E-state index contributed by atoms with van der Waals surface area (Å²) in [6.45, 7) is 0. The van der Waals surface area contributed by atoms with Crippen molar-refractivity contribution in [3.8, 4) is 0 Å². The molecule has 0 unspecified atom stereocenters. The van der Waals surface area contributed by atoms with Gasteiger partial charge in [-0.25, -0.2) is 13.6 Å². The third kappa shape index (κ3) is 1.30. The van der Waals surface area contributed by atoms with E-state index in [1.807, 2.05) is 0 Å². The predicted molar refractivity (Wildman–Crippen MR) is 45.4 cm³/mol. The highest BCUT2D eigenvalue weighted by Gasteiger charge is 2.13. The van der Waals surface area contributed by atoms with Crippen LogP contribution in [-0.4, -0.2) is 13.6 Å². The zero-order valence-electron chi connectivity index (χ0n) is 6.47. The lowest BCUT2D eigenvalue weighted by atomic mass is 10.3.